The van der Waals surface area contributed by atoms with E-state index in [-0.39, 0.29) is 48.7 Å². The minimum Gasteiger partial charge on any atom is -0.493 e. The van der Waals surface area contributed by atoms with Crippen LogP contribution in [0.5, 0.6) is 11.5 Å². The summed E-state index contributed by atoms with van der Waals surface area (Å²) < 4.78 is 15.7. The number of ether oxygens (including phenoxy) is 3. The van der Waals surface area contributed by atoms with Crippen molar-refractivity contribution in [3.8, 4) is 11.5 Å². The van der Waals surface area contributed by atoms with Gasteiger partial charge in [0, 0.05) is 42.9 Å². The van der Waals surface area contributed by atoms with Crippen molar-refractivity contribution in [2.45, 2.75) is 26.2 Å². The fourth-order valence-corrected chi connectivity index (χ4v) is 3.76. The number of aromatic nitrogens is 2. The molecule has 1 fully saturated rings. The zero-order chi connectivity index (χ0) is 24.7. The summed E-state index contributed by atoms with van der Waals surface area (Å²) in [6.45, 7) is 4.42. The molecule has 1 aliphatic rings. The number of morpholine rings is 1. The largest absolute Gasteiger partial charge is 0.493 e. The van der Waals surface area contributed by atoms with Crippen LogP contribution < -0.4 is 25.2 Å². The van der Waals surface area contributed by atoms with E-state index >= 15 is 0 Å². The lowest BCUT2D eigenvalue weighted by atomic mass is 10.1. The first kappa shape index (κ1) is 25.0. The standard InChI is InChI=1S/C22H29N5O7/c1-14-16(21(29)25-22(24-14)26-8-10-34-11-9-26)4-5-20(28)23-7-6-15-12-18(32-2)19(33-3)13-17(15)27(30)31/h12-13H,4-11H2,1-3H3,(H,23,28)(H,24,25,29). The summed E-state index contributed by atoms with van der Waals surface area (Å²) >= 11 is 0. The Morgan fingerprint density at radius 2 is 1.91 bits per heavy atom. The van der Waals surface area contributed by atoms with Gasteiger partial charge in [0.15, 0.2) is 11.5 Å². The van der Waals surface area contributed by atoms with Crippen LogP contribution in [0.3, 0.4) is 0 Å². The van der Waals surface area contributed by atoms with E-state index in [1.165, 1.54) is 26.4 Å². The van der Waals surface area contributed by atoms with Gasteiger partial charge in [-0.2, -0.15) is 0 Å². The Morgan fingerprint density at radius 3 is 2.53 bits per heavy atom. The van der Waals surface area contributed by atoms with Gasteiger partial charge < -0.3 is 24.4 Å². The van der Waals surface area contributed by atoms with Gasteiger partial charge in [-0.3, -0.25) is 24.7 Å². The SMILES string of the molecule is COc1cc(CCNC(=O)CCc2c(C)nc(N3CCOCC3)[nH]c2=O)c([N+](=O)[O-])cc1OC. The Labute approximate surface area is 196 Å². The topological polar surface area (TPSA) is 149 Å². The van der Waals surface area contributed by atoms with E-state index in [0.717, 1.165) is 0 Å². The molecule has 0 spiro atoms. The van der Waals surface area contributed by atoms with Crippen molar-refractivity contribution in [3.63, 3.8) is 0 Å². The van der Waals surface area contributed by atoms with Crippen LogP contribution in [-0.4, -0.2) is 67.9 Å². The maximum atomic E-state index is 12.6. The number of aromatic amines is 1. The number of amides is 1. The van der Waals surface area contributed by atoms with Gasteiger partial charge in [0.05, 0.1) is 38.4 Å². The number of methoxy groups -OCH3 is 2. The number of hydrogen-bond acceptors (Lipinski definition) is 9. The highest BCUT2D eigenvalue weighted by atomic mass is 16.6. The van der Waals surface area contributed by atoms with Crippen molar-refractivity contribution < 1.29 is 23.9 Å². The summed E-state index contributed by atoms with van der Waals surface area (Å²) in [6, 6.07) is 2.84. The first-order chi connectivity index (χ1) is 16.3. The third-order valence-corrected chi connectivity index (χ3v) is 5.62. The van der Waals surface area contributed by atoms with Gasteiger partial charge in [-0.1, -0.05) is 0 Å². The molecule has 0 radical (unpaired) electrons. The second-order valence-corrected chi connectivity index (χ2v) is 7.75. The molecule has 2 heterocycles. The molecule has 34 heavy (non-hydrogen) atoms. The summed E-state index contributed by atoms with van der Waals surface area (Å²) in [6.07, 6.45) is 0.564. The summed E-state index contributed by atoms with van der Waals surface area (Å²) in [5.74, 6) is 0.877. The van der Waals surface area contributed by atoms with E-state index in [1.54, 1.807) is 6.92 Å². The zero-order valence-electron chi connectivity index (χ0n) is 19.5. The van der Waals surface area contributed by atoms with Crippen LogP contribution in [0.25, 0.3) is 0 Å². The monoisotopic (exact) mass is 475 g/mol. The number of carbonyl (C=O) groups excluding carboxylic acids is 1. The van der Waals surface area contributed by atoms with E-state index in [0.29, 0.717) is 54.8 Å². The maximum Gasteiger partial charge on any atom is 0.276 e. The number of nitro benzene ring substituents is 1. The van der Waals surface area contributed by atoms with Crippen LogP contribution in [0, 0.1) is 17.0 Å². The number of carbonyl (C=O) groups is 1. The van der Waals surface area contributed by atoms with E-state index in [2.05, 4.69) is 15.3 Å². The van der Waals surface area contributed by atoms with Crippen LogP contribution in [0.15, 0.2) is 16.9 Å². The first-order valence-corrected chi connectivity index (χ1v) is 10.9. The van der Waals surface area contributed by atoms with Crippen molar-refractivity contribution in [3.05, 3.63) is 49.4 Å². The second-order valence-electron chi connectivity index (χ2n) is 7.75. The highest BCUT2D eigenvalue weighted by Crippen LogP contribution is 2.34. The number of hydrogen-bond donors (Lipinski definition) is 2. The normalized spacial score (nSPS) is 13.4. The summed E-state index contributed by atoms with van der Waals surface area (Å²) in [7, 11) is 2.85. The minimum absolute atomic E-state index is 0.0938. The Hall–Kier alpha value is -3.67. The second kappa shape index (κ2) is 11.5. The quantitative estimate of drug-likeness (QED) is 0.381. The van der Waals surface area contributed by atoms with Gasteiger partial charge in [-0.25, -0.2) is 4.98 Å². The predicted octanol–water partition coefficient (Wildman–Crippen LogP) is 1.13. The number of H-pyrrole nitrogens is 1. The fourth-order valence-electron chi connectivity index (χ4n) is 3.76. The average Bonchev–Trinajstić information content (AvgIpc) is 2.83. The lowest BCUT2D eigenvalue weighted by molar-refractivity contribution is -0.385. The summed E-state index contributed by atoms with van der Waals surface area (Å²) in [5, 5.41) is 14.2. The maximum absolute atomic E-state index is 12.6. The Morgan fingerprint density at radius 1 is 1.24 bits per heavy atom. The number of benzene rings is 1. The number of nitrogens with zero attached hydrogens (tertiary/aromatic N) is 3. The van der Waals surface area contributed by atoms with Crippen LogP contribution >= 0.6 is 0 Å². The number of aryl methyl sites for hydroxylation is 1. The first-order valence-electron chi connectivity index (χ1n) is 10.9. The molecule has 1 saturated heterocycles. The van der Waals surface area contributed by atoms with E-state index in [1.807, 2.05) is 4.90 Å². The third-order valence-electron chi connectivity index (χ3n) is 5.62. The summed E-state index contributed by atoms with van der Waals surface area (Å²) in [5.41, 5.74) is 1.09. The lowest BCUT2D eigenvalue weighted by Crippen LogP contribution is -2.38. The van der Waals surface area contributed by atoms with E-state index in [4.69, 9.17) is 14.2 Å². The molecule has 0 atom stereocenters. The molecule has 0 saturated carbocycles. The Balaban J connectivity index is 1.57. The molecule has 1 amide bonds. The molecule has 12 nitrogen and oxygen atoms in total. The fraction of sp³-hybridized carbons (Fsp3) is 0.500. The van der Waals surface area contributed by atoms with Crippen LogP contribution in [0.2, 0.25) is 0 Å². The van der Waals surface area contributed by atoms with Gasteiger partial charge in [0.25, 0.3) is 11.2 Å². The molecule has 0 aliphatic carbocycles. The van der Waals surface area contributed by atoms with E-state index in [9.17, 15) is 19.7 Å². The smallest absolute Gasteiger partial charge is 0.276 e. The van der Waals surface area contributed by atoms with Gasteiger partial charge in [-0.05, 0) is 25.8 Å². The Bertz CT molecular complexity index is 1100. The summed E-state index contributed by atoms with van der Waals surface area (Å²) in [4.78, 5) is 45.1. The van der Waals surface area contributed by atoms with Gasteiger partial charge >= 0.3 is 0 Å². The number of nitrogens with one attached hydrogen (secondary N) is 2. The van der Waals surface area contributed by atoms with Crippen molar-refractivity contribution in [2.24, 2.45) is 0 Å². The molecule has 2 N–H and O–H groups in total. The molecule has 1 aromatic carbocycles. The molecular weight excluding hydrogens is 446 g/mol. The molecule has 0 unspecified atom stereocenters. The molecule has 3 rings (SSSR count). The molecule has 1 aliphatic heterocycles. The van der Waals surface area contributed by atoms with Crippen molar-refractivity contribution >= 4 is 17.5 Å². The van der Waals surface area contributed by atoms with Crippen molar-refractivity contribution in [2.75, 3.05) is 52.0 Å². The highest BCUT2D eigenvalue weighted by Gasteiger charge is 2.20. The van der Waals surface area contributed by atoms with Gasteiger partial charge in [-0.15, -0.1) is 0 Å². The van der Waals surface area contributed by atoms with Gasteiger partial charge in [0.1, 0.15) is 0 Å². The average molecular weight is 476 g/mol. The number of nitro groups is 1. The highest BCUT2D eigenvalue weighted by molar-refractivity contribution is 5.76. The van der Waals surface area contributed by atoms with E-state index < -0.39 is 4.92 Å². The van der Waals surface area contributed by atoms with Crippen molar-refractivity contribution in [1.82, 2.24) is 15.3 Å². The predicted molar refractivity (Wildman–Crippen MR) is 124 cm³/mol. The van der Waals surface area contributed by atoms with Crippen LogP contribution in [0.1, 0.15) is 23.2 Å². The lowest BCUT2D eigenvalue weighted by Gasteiger charge is -2.27. The zero-order valence-corrected chi connectivity index (χ0v) is 19.5. The van der Waals surface area contributed by atoms with Crippen molar-refractivity contribution in [1.29, 1.82) is 0 Å². The molecule has 184 valence electrons. The Kier molecular flexibility index (Phi) is 8.41. The third kappa shape index (κ3) is 6.01. The molecule has 12 heteroatoms. The molecule has 2 aromatic rings. The molecular formula is C22H29N5O7. The number of anilines is 1. The number of rotatable bonds is 10. The molecule has 1 aromatic heterocycles. The molecule has 0 bridgehead atoms. The van der Waals surface area contributed by atoms with Crippen LogP contribution in [-0.2, 0) is 22.4 Å². The van der Waals surface area contributed by atoms with Gasteiger partial charge in [0.2, 0.25) is 11.9 Å². The minimum atomic E-state index is -0.498. The van der Waals surface area contributed by atoms with Crippen LogP contribution in [0.4, 0.5) is 11.6 Å².